The maximum Gasteiger partial charge on any atom is 0.282 e. The van der Waals surface area contributed by atoms with E-state index in [1.807, 2.05) is 6.92 Å². The SMILES string of the molecule is CCC1CN(S(=O)(=O)N2CCOCC2)CCO1. The minimum absolute atomic E-state index is 0.0274. The summed E-state index contributed by atoms with van der Waals surface area (Å²) in [4.78, 5) is 0. The Kier molecular flexibility index (Phi) is 4.37. The van der Waals surface area contributed by atoms with Crippen molar-refractivity contribution >= 4 is 10.2 Å². The van der Waals surface area contributed by atoms with Crippen molar-refractivity contribution < 1.29 is 17.9 Å². The molecule has 2 heterocycles. The monoisotopic (exact) mass is 264 g/mol. The molecule has 0 radical (unpaired) electrons. The Morgan fingerprint density at radius 1 is 1.12 bits per heavy atom. The fourth-order valence-electron chi connectivity index (χ4n) is 2.09. The molecule has 1 atom stereocenters. The first-order valence-electron chi connectivity index (χ1n) is 6.09. The van der Waals surface area contributed by atoms with E-state index in [2.05, 4.69) is 0 Å². The topological polar surface area (TPSA) is 59.1 Å². The largest absolute Gasteiger partial charge is 0.379 e. The molecule has 0 bridgehead atoms. The highest BCUT2D eigenvalue weighted by Gasteiger charge is 2.34. The fraction of sp³-hybridized carbons (Fsp3) is 1.00. The van der Waals surface area contributed by atoms with Gasteiger partial charge >= 0.3 is 0 Å². The van der Waals surface area contributed by atoms with Crippen LogP contribution in [0.2, 0.25) is 0 Å². The summed E-state index contributed by atoms with van der Waals surface area (Å²) in [5.74, 6) is 0. The molecule has 100 valence electrons. The van der Waals surface area contributed by atoms with Crippen LogP contribution in [0.5, 0.6) is 0 Å². The molecule has 2 rings (SSSR count). The lowest BCUT2D eigenvalue weighted by atomic mass is 10.2. The Hall–Kier alpha value is -0.210. The number of rotatable bonds is 3. The van der Waals surface area contributed by atoms with Crippen LogP contribution in [0.4, 0.5) is 0 Å². The molecule has 0 N–H and O–H groups in total. The minimum Gasteiger partial charge on any atom is -0.379 e. The van der Waals surface area contributed by atoms with E-state index in [0.717, 1.165) is 6.42 Å². The van der Waals surface area contributed by atoms with Crippen LogP contribution in [0.25, 0.3) is 0 Å². The summed E-state index contributed by atoms with van der Waals surface area (Å²) >= 11 is 0. The van der Waals surface area contributed by atoms with Crippen molar-refractivity contribution in [2.24, 2.45) is 0 Å². The van der Waals surface area contributed by atoms with Gasteiger partial charge in [0, 0.05) is 26.2 Å². The van der Waals surface area contributed by atoms with Crippen LogP contribution in [0, 0.1) is 0 Å². The van der Waals surface area contributed by atoms with Gasteiger partial charge in [0.1, 0.15) is 0 Å². The number of hydrogen-bond donors (Lipinski definition) is 0. The Labute approximate surface area is 103 Å². The smallest absolute Gasteiger partial charge is 0.282 e. The lowest BCUT2D eigenvalue weighted by Gasteiger charge is -2.36. The molecule has 6 nitrogen and oxygen atoms in total. The number of hydrogen-bond acceptors (Lipinski definition) is 4. The second kappa shape index (κ2) is 5.62. The summed E-state index contributed by atoms with van der Waals surface area (Å²) in [6.45, 7) is 5.30. The summed E-state index contributed by atoms with van der Waals surface area (Å²) in [6.07, 6.45) is 0.870. The van der Waals surface area contributed by atoms with Gasteiger partial charge in [-0.1, -0.05) is 6.92 Å². The molecule has 0 aromatic heterocycles. The summed E-state index contributed by atoms with van der Waals surface area (Å²) in [7, 11) is -3.32. The van der Waals surface area contributed by atoms with Gasteiger partial charge in [-0.05, 0) is 6.42 Å². The third-order valence-electron chi connectivity index (χ3n) is 3.18. The van der Waals surface area contributed by atoms with Crippen LogP contribution >= 0.6 is 0 Å². The molecule has 2 saturated heterocycles. The molecule has 17 heavy (non-hydrogen) atoms. The molecule has 0 spiro atoms. The highest BCUT2D eigenvalue weighted by atomic mass is 32.2. The van der Waals surface area contributed by atoms with Crippen LogP contribution in [-0.2, 0) is 19.7 Å². The van der Waals surface area contributed by atoms with E-state index < -0.39 is 10.2 Å². The molecule has 1 unspecified atom stereocenters. The van der Waals surface area contributed by atoms with E-state index in [1.54, 1.807) is 0 Å². The molecule has 2 fully saturated rings. The van der Waals surface area contributed by atoms with Gasteiger partial charge in [-0.2, -0.15) is 17.0 Å². The Morgan fingerprint density at radius 2 is 1.76 bits per heavy atom. The van der Waals surface area contributed by atoms with E-state index in [0.29, 0.717) is 46.0 Å². The van der Waals surface area contributed by atoms with Gasteiger partial charge in [-0.25, -0.2) is 0 Å². The standard InChI is InChI=1S/C10H20N2O4S/c1-2-10-9-12(5-8-16-10)17(13,14)11-3-6-15-7-4-11/h10H,2-9H2,1H3. The van der Waals surface area contributed by atoms with Gasteiger partial charge in [0.15, 0.2) is 0 Å². The molecule has 0 aliphatic carbocycles. The lowest BCUT2D eigenvalue weighted by molar-refractivity contribution is -0.00631. The van der Waals surface area contributed by atoms with Crippen LogP contribution in [-0.4, -0.2) is 69.1 Å². The first-order chi connectivity index (χ1) is 8.14. The van der Waals surface area contributed by atoms with Gasteiger partial charge in [-0.15, -0.1) is 0 Å². The maximum atomic E-state index is 12.3. The Morgan fingerprint density at radius 3 is 2.41 bits per heavy atom. The van der Waals surface area contributed by atoms with Gasteiger partial charge in [0.05, 0.1) is 25.9 Å². The van der Waals surface area contributed by atoms with E-state index >= 15 is 0 Å². The summed E-state index contributed by atoms with van der Waals surface area (Å²) < 4.78 is 38.4. The van der Waals surface area contributed by atoms with Crippen molar-refractivity contribution in [3.8, 4) is 0 Å². The minimum atomic E-state index is -3.32. The predicted molar refractivity (Wildman–Crippen MR) is 62.9 cm³/mol. The quantitative estimate of drug-likeness (QED) is 0.700. The first-order valence-corrected chi connectivity index (χ1v) is 7.49. The van der Waals surface area contributed by atoms with Crippen molar-refractivity contribution in [2.75, 3.05) is 46.0 Å². The average Bonchev–Trinajstić information content (AvgIpc) is 2.40. The molecule has 0 amide bonds. The van der Waals surface area contributed by atoms with Gasteiger partial charge < -0.3 is 9.47 Å². The summed E-state index contributed by atoms with van der Waals surface area (Å²) in [5, 5.41) is 0. The third kappa shape index (κ3) is 2.97. The normalized spacial score (nSPS) is 29.4. The Balaban J connectivity index is 2.03. The first kappa shape index (κ1) is 13.2. The summed E-state index contributed by atoms with van der Waals surface area (Å²) in [5.41, 5.74) is 0. The van der Waals surface area contributed by atoms with Gasteiger partial charge in [-0.3, -0.25) is 0 Å². The zero-order valence-electron chi connectivity index (χ0n) is 10.2. The van der Waals surface area contributed by atoms with Crippen molar-refractivity contribution in [2.45, 2.75) is 19.4 Å². The highest BCUT2D eigenvalue weighted by molar-refractivity contribution is 7.86. The van der Waals surface area contributed by atoms with E-state index in [9.17, 15) is 8.42 Å². The van der Waals surface area contributed by atoms with Crippen molar-refractivity contribution in [1.29, 1.82) is 0 Å². The average molecular weight is 264 g/mol. The van der Waals surface area contributed by atoms with Crippen LogP contribution in [0.3, 0.4) is 0 Å². The maximum absolute atomic E-state index is 12.3. The zero-order valence-corrected chi connectivity index (χ0v) is 11.0. The molecule has 0 aromatic rings. The van der Waals surface area contributed by atoms with Crippen molar-refractivity contribution in [1.82, 2.24) is 8.61 Å². The molecule has 0 saturated carbocycles. The highest BCUT2D eigenvalue weighted by Crippen LogP contribution is 2.16. The van der Waals surface area contributed by atoms with Crippen molar-refractivity contribution in [3.63, 3.8) is 0 Å². The third-order valence-corrected chi connectivity index (χ3v) is 5.18. The van der Waals surface area contributed by atoms with E-state index in [1.165, 1.54) is 8.61 Å². The Bertz CT molecular complexity index is 340. The molecular formula is C10H20N2O4S. The van der Waals surface area contributed by atoms with Crippen LogP contribution < -0.4 is 0 Å². The van der Waals surface area contributed by atoms with Crippen molar-refractivity contribution in [3.05, 3.63) is 0 Å². The zero-order chi connectivity index (χ0) is 12.3. The van der Waals surface area contributed by atoms with Crippen LogP contribution in [0.15, 0.2) is 0 Å². The number of ether oxygens (including phenoxy) is 2. The fourth-order valence-corrected chi connectivity index (χ4v) is 3.69. The molecular weight excluding hydrogens is 244 g/mol. The predicted octanol–water partition coefficient (Wildman–Crippen LogP) is -0.326. The molecule has 2 aliphatic heterocycles. The second-order valence-electron chi connectivity index (χ2n) is 4.28. The molecule has 7 heteroatoms. The number of nitrogens with zero attached hydrogens (tertiary/aromatic N) is 2. The molecule has 2 aliphatic rings. The molecule has 0 aromatic carbocycles. The van der Waals surface area contributed by atoms with Gasteiger partial charge in [0.25, 0.3) is 10.2 Å². The van der Waals surface area contributed by atoms with Gasteiger partial charge in [0.2, 0.25) is 0 Å². The second-order valence-corrected chi connectivity index (χ2v) is 6.21. The number of morpholine rings is 2. The van der Waals surface area contributed by atoms with E-state index in [4.69, 9.17) is 9.47 Å². The van der Waals surface area contributed by atoms with E-state index in [-0.39, 0.29) is 6.10 Å². The summed E-state index contributed by atoms with van der Waals surface area (Å²) in [6, 6.07) is 0. The lowest BCUT2D eigenvalue weighted by Crippen LogP contribution is -2.53. The van der Waals surface area contributed by atoms with Crippen LogP contribution in [0.1, 0.15) is 13.3 Å².